The van der Waals surface area contributed by atoms with Crippen molar-refractivity contribution in [3.63, 3.8) is 0 Å². The van der Waals surface area contributed by atoms with Gasteiger partial charge in [0.1, 0.15) is 11.6 Å². The van der Waals surface area contributed by atoms with Gasteiger partial charge in [-0.25, -0.2) is 8.78 Å². The highest BCUT2D eigenvalue weighted by Gasteiger charge is 2.30. The lowest BCUT2D eigenvalue weighted by Gasteiger charge is -2.31. The Bertz CT molecular complexity index is 377. The van der Waals surface area contributed by atoms with Crippen molar-refractivity contribution in [3.8, 4) is 0 Å². The van der Waals surface area contributed by atoms with Gasteiger partial charge in [0.25, 0.3) is 0 Å². The highest BCUT2D eigenvalue weighted by molar-refractivity contribution is 9.10. The molecule has 1 aliphatic carbocycles. The van der Waals surface area contributed by atoms with Crippen molar-refractivity contribution in [2.45, 2.75) is 25.3 Å². The third kappa shape index (κ3) is 1.93. The quantitative estimate of drug-likeness (QED) is 0.822. The number of hydrogen-bond acceptors (Lipinski definition) is 1. The van der Waals surface area contributed by atoms with Crippen LogP contribution >= 0.6 is 15.9 Å². The van der Waals surface area contributed by atoms with E-state index in [1.165, 1.54) is 12.1 Å². The maximum atomic E-state index is 13.7. The maximum Gasteiger partial charge on any atom is 0.145 e. The van der Waals surface area contributed by atoms with Crippen LogP contribution in [0.4, 0.5) is 8.78 Å². The molecular formula is C11H12BrF2N. The van der Waals surface area contributed by atoms with Crippen molar-refractivity contribution in [1.82, 2.24) is 0 Å². The standard InChI is InChI=1S/C11H12BrF2N/c12-7-4-5-8(13)9(10(7)14)11(15)6-2-1-3-6/h4-6,11H,1-3,15H2. The van der Waals surface area contributed by atoms with Crippen LogP contribution in [0.15, 0.2) is 16.6 Å². The Morgan fingerprint density at radius 2 is 2.00 bits per heavy atom. The Balaban J connectivity index is 2.36. The number of hydrogen-bond donors (Lipinski definition) is 1. The van der Waals surface area contributed by atoms with Gasteiger partial charge in [0, 0.05) is 11.6 Å². The Morgan fingerprint density at radius 3 is 2.53 bits per heavy atom. The van der Waals surface area contributed by atoms with Gasteiger partial charge < -0.3 is 5.73 Å². The lowest BCUT2D eigenvalue weighted by Crippen LogP contribution is -2.28. The van der Waals surface area contributed by atoms with Crippen molar-refractivity contribution >= 4 is 15.9 Å². The first-order valence-electron chi connectivity index (χ1n) is 5.00. The molecule has 0 heterocycles. The van der Waals surface area contributed by atoms with Crippen LogP contribution in [0.25, 0.3) is 0 Å². The summed E-state index contributed by atoms with van der Waals surface area (Å²) < 4.78 is 27.4. The summed E-state index contributed by atoms with van der Waals surface area (Å²) in [7, 11) is 0. The zero-order chi connectivity index (χ0) is 11.0. The molecule has 82 valence electrons. The van der Waals surface area contributed by atoms with Gasteiger partial charge in [-0.1, -0.05) is 6.42 Å². The van der Waals surface area contributed by atoms with Gasteiger partial charge in [-0.05, 0) is 46.8 Å². The minimum atomic E-state index is -0.561. The van der Waals surface area contributed by atoms with E-state index in [0.29, 0.717) is 0 Å². The molecule has 1 aliphatic rings. The van der Waals surface area contributed by atoms with E-state index in [9.17, 15) is 8.78 Å². The molecule has 0 aromatic heterocycles. The molecular weight excluding hydrogens is 264 g/mol. The van der Waals surface area contributed by atoms with Crippen molar-refractivity contribution in [3.05, 3.63) is 33.8 Å². The van der Waals surface area contributed by atoms with Gasteiger partial charge >= 0.3 is 0 Å². The Morgan fingerprint density at radius 1 is 1.33 bits per heavy atom. The fourth-order valence-electron chi connectivity index (χ4n) is 1.88. The smallest absolute Gasteiger partial charge is 0.145 e. The molecule has 1 saturated carbocycles. The predicted molar refractivity (Wildman–Crippen MR) is 58.3 cm³/mol. The second-order valence-corrected chi connectivity index (χ2v) is 4.83. The predicted octanol–water partition coefficient (Wildman–Crippen LogP) is 3.53. The molecule has 0 saturated heterocycles. The normalized spacial score (nSPS) is 18.7. The minimum absolute atomic E-state index is 0.0223. The molecule has 1 aromatic rings. The van der Waals surface area contributed by atoms with Crippen LogP contribution in [0.1, 0.15) is 30.9 Å². The largest absolute Gasteiger partial charge is 0.324 e. The van der Waals surface area contributed by atoms with Crippen LogP contribution in [0.3, 0.4) is 0 Å². The summed E-state index contributed by atoms with van der Waals surface area (Å²) in [5.74, 6) is -0.882. The monoisotopic (exact) mass is 275 g/mol. The summed E-state index contributed by atoms with van der Waals surface area (Å²) in [6.07, 6.45) is 3.04. The average molecular weight is 276 g/mol. The topological polar surface area (TPSA) is 26.0 Å². The minimum Gasteiger partial charge on any atom is -0.324 e. The van der Waals surface area contributed by atoms with Gasteiger partial charge in [0.05, 0.1) is 4.47 Å². The van der Waals surface area contributed by atoms with Crippen LogP contribution in [0.5, 0.6) is 0 Å². The first-order chi connectivity index (χ1) is 7.11. The van der Waals surface area contributed by atoms with Gasteiger partial charge in [-0.2, -0.15) is 0 Å². The number of benzene rings is 1. The highest BCUT2D eigenvalue weighted by atomic mass is 79.9. The van der Waals surface area contributed by atoms with Crippen LogP contribution in [-0.2, 0) is 0 Å². The number of halogens is 3. The third-order valence-electron chi connectivity index (χ3n) is 3.07. The number of nitrogens with two attached hydrogens (primary N) is 1. The SMILES string of the molecule is NC(c1c(F)ccc(Br)c1F)C1CCC1. The van der Waals surface area contributed by atoms with Crippen molar-refractivity contribution in [2.75, 3.05) is 0 Å². The summed E-state index contributed by atoms with van der Waals surface area (Å²) in [5.41, 5.74) is 5.89. The molecule has 1 unspecified atom stereocenters. The van der Waals surface area contributed by atoms with E-state index in [2.05, 4.69) is 15.9 Å². The van der Waals surface area contributed by atoms with E-state index in [0.717, 1.165) is 19.3 Å². The molecule has 1 aromatic carbocycles. The lowest BCUT2D eigenvalue weighted by atomic mass is 9.77. The summed E-state index contributed by atoms with van der Waals surface area (Å²) in [6, 6.07) is 2.10. The summed E-state index contributed by atoms with van der Waals surface area (Å²) >= 11 is 3.04. The first-order valence-corrected chi connectivity index (χ1v) is 5.79. The van der Waals surface area contributed by atoms with E-state index in [-0.39, 0.29) is 16.0 Å². The maximum absolute atomic E-state index is 13.7. The third-order valence-corrected chi connectivity index (χ3v) is 3.68. The molecule has 1 nitrogen and oxygen atoms in total. The summed E-state index contributed by atoms with van der Waals surface area (Å²) in [6.45, 7) is 0. The van der Waals surface area contributed by atoms with Crippen LogP contribution in [-0.4, -0.2) is 0 Å². The van der Waals surface area contributed by atoms with Gasteiger partial charge in [0.2, 0.25) is 0 Å². The molecule has 4 heteroatoms. The van der Waals surface area contributed by atoms with Gasteiger partial charge in [0.15, 0.2) is 0 Å². The fourth-order valence-corrected chi connectivity index (χ4v) is 2.23. The van der Waals surface area contributed by atoms with E-state index in [1.807, 2.05) is 0 Å². The van der Waals surface area contributed by atoms with Crippen LogP contribution in [0, 0.1) is 17.6 Å². The van der Waals surface area contributed by atoms with E-state index in [1.54, 1.807) is 0 Å². The van der Waals surface area contributed by atoms with Crippen LogP contribution in [0.2, 0.25) is 0 Å². The molecule has 0 spiro atoms. The molecule has 0 radical (unpaired) electrons. The molecule has 1 atom stereocenters. The van der Waals surface area contributed by atoms with Crippen molar-refractivity contribution < 1.29 is 8.78 Å². The van der Waals surface area contributed by atoms with Crippen molar-refractivity contribution in [2.24, 2.45) is 11.7 Å². The van der Waals surface area contributed by atoms with Gasteiger partial charge in [-0.3, -0.25) is 0 Å². The molecule has 0 aliphatic heterocycles. The Labute approximate surface area is 95.8 Å². The molecule has 0 bridgehead atoms. The van der Waals surface area contributed by atoms with Gasteiger partial charge in [-0.15, -0.1) is 0 Å². The first kappa shape index (κ1) is 11.0. The molecule has 2 N–H and O–H groups in total. The van der Waals surface area contributed by atoms with E-state index < -0.39 is 17.7 Å². The second kappa shape index (κ2) is 4.18. The highest BCUT2D eigenvalue weighted by Crippen LogP contribution is 2.38. The summed E-state index contributed by atoms with van der Waals surface area (Å²) in [4.78, 5) is 0. The summed E-state index contributed by atoms with van der Waals surface area (Å²) in [5, 5.41) is 0. The van der Waals surface area contributed by atoms with E-state index in [4.69, 9.17) is 5.73 Å². The second-order valence-electron chi connectivity index (χ2n) is 3.97. The zero-order valence-corrected chi connectivity index (χ0v) is 9.73. The Hall–Kier alpha value is -0.480. The average Bonchev–Trinajstić information content (AvgIpc) is 2.09. The van der Waals surface area contributed by atoms with E-state index >= 15 is 0 Å². The number of rotatable bonds is 2. The molecule has 2 rings (SSSR count). The lowest BCUT2D eigenvalue weighted by molar-refractivity contribution is 0.256. The molecule has 1 fully saturated rings. The van der Waals surface area contributed by atoms with Crippen molar-refractivity contribution in [1.29, 1.82) is 0 Å². The molecule has 15 heavy (non-hydrogen) atoms. The fraction of sp³-hybridized carbons (Fsp3) is 0.455. The zero-order valence-electron chi connectivity index (χ0n) is 8.14. The van der Waals surface area contributed by atoms with Crippen LogP contribution < -0.4 is 5.73 Å². The molecule has 0 amide bonds. The Kier molecular flexibility index (Phi) is 3.07.